The van der Waals surface area contributed by atoms with Gasteiger partial charge in [-0.3, -0.25) is 4.79 Å². The highest BCUT2D eigenvalue weighted by Gasteiger charge is 2.56. The van der Waals surface area contributed by atoms with Crippen LogP contribution in [0.2, 0.25) is 0 Å². The first-order chi connectivity index (χ1) is 7.50. The first-order valence-electron chi connectivity index (χ1n) is 5.14. The van der Waals surface area contributed by atoms with Gasteiger partial charge in [-0.2, -0.15) is 0 Å². The predicted octanol–water partition coefficient (Wildman–Crippen LogP) is -2.93. The lowest BCUT2D eigenvalue weighted by Gasteiger charge is -2.46. The van der Waals surface area contributed by atoms with Crippen LogP contribution in [0.4, 0.5) is 0 Å². The van der Waals surface area contributed by atoms with Gasteiger partial charge in [0.25, 0.3) is 0 Å². The summed E-state index contributed by atoms with van der Waals surface area (Å²) in [5.74, 6) is -0.292. The third-order valence-electron chi connectivity index (χ3n) is 3.15. The zero-order valence-electron chi connectivity index (χ0n) is 8.54. The number of carbonyl (C=O) groups excluding carboxylic acids is 1. The Balaban J connectivity index is 2.23. The van der Waals surface area contributed by atoms with Crippen molar-refractivity contribution in [3.63, 3.8) is 0 Å². The summed E-state index contributed by atoms with van der Waals surface area (Å²) in [5.41, 5.74) is -1.39. The first kappa shape index (κ1) is 11.7. The van der Waals surface area contributed by atoms with E-state index in [1.807, 2.05) is 0 Å². The lowest BCUT2D eigenvalue weighted by Crippen LogP contribution is -2.68. The van der Waals surface area contributed by atoms with E-state index in [2.05, 4.69) is 5.32 Å². The number of aliphatic hydroxyl groups excluding tert-OH is 4. The fraction of sp³-hybridized carbons (Fsp3) is 0.889. The fourth-order valence-corrected chi connectivity index (χ4v) is 2.21. The molecule has 2 aliphatic heterocycles. The van der Waals surface area contributed by atoms with Crippen LogP contribution in [0.3, 0.4) is 0 Å². The van der Waals surface area contributed by atoms with Crippen LogP contribution in [0.15, 0.2) is 0 Å². The Labute approximate surface area is 91.6 Å². The molecule has 5 atom stereocenters. The van der Waals surface area contributed by atoms with Gasteiger partial charge >= 0.3 is 0 Å². The summed E-state index contributed by atoms with van der Waals surface area (Å²) in [6, 6.07) is 0. The number of aliphatic hydroxyl groups is 4. The van der Waals surface area contributed by atoms with E-state index >= 15 is 0 Å². The quantitative estimate of drug-likeness (QED) is 0.331. The molecule has 2 rings (SSSR count). The maximum atomic E-state index is 11.1. The zero-order valence-corrected chi connectivity index (χ0v) is 8.54. The molecule has 2 fully saturated rings. The third-order valence-corrected chi connectivity index (χ3v) is 3.15. The van der Waals surface area contributed by atoms with Crippen molar-refractivity contribution in [2.45, 2.75) is 43.0 Å². The Bertz CT molecular complexity index is 296. The number of hydrogen-bond donors (Lipinski definition) is 5. The van der Waals surface area contributed by atoms with Crippen LogP contribution in [-0.2, 0) is 9.53 Å². The number of ether oxygens (including phenoxy) is 1. The van der Waals surface area contributed by atoms with Crippen molar-refractivity contribution < 1.29 is 30.0 Å². The molecule has 0 aromatic rings. The molecule has 7 nitrogen and oxygen atoms in total. The second kappa shape index (κ2) is 3.94. The Morgan fingerprint density at radius 1 is 1.38 bits per heavy atom. The summed E-state index contributed by atoms with van der Waals surface area (Å²) in [5, 5.41) is 40.4. The third kappa shape index (κ3) is 1.61. The maximum absolute atomic E-state index is 11.1. The van der Waals surface area contributed by atoms with Crippen molar-refractivity contribution in [1.29, 1.82) is 0 Å². The van der Waals surface area contributed by atoms with Gasteiger partial charge in [0.2, 0.25) is 5.91 Å². The van der Waals surface area contributed by atoms with Crippen molar-refractivity contribution in [3.8, 4) is 0 Å². The van der Waals surface area contributed by atoms with Crippen molar-refractivity contribution in [3.05, 3.63) is 0 Å². The van der Waals surface area contributed by atoms with E-state index in [1.54, 1.807) is 0 Å². The monoisotopic (exact) mass is 233 g/mol. The van der Waals surface area contributed by atoms with Gasteiger partial charge in [-0.15, -0.1) is 0 Å². The Kier molecular flexibility index (Phi) is 2.89. The number of rotatable bonds is 1. The minimum atomic E-state index is -1.45. The van der Waals surface area contributed by atoms with Crippen LogP contribution in [0.5, 0.6) is 0 Å². The SMILES string of the molecule is O=C1CC[C@@]2(N1)O[C@H](CO)[C@@H](O)[C@H](O)[C@H]2O. The Hall–Kier alpha value is -0.730. The first-order valence-corrected chi connectivity index (χ1v) is 5.14. The van der Waals surface area contributed by atoms with Gasteiger partial charge in [0.05, 0.1) is 6.61 Å². The summed E-state index contributed by atoms with van der Waals surface area (Å²) in [4.78, 5) is 11.1. The second-order valence-electron chi connectivity index (χ2n) is 4.20. The van der Waals surface area contributed by atoms with Crippen molar-refractivity contribution in [2.24, 2.45) is 0 Å². The molecule has 0 aromatic heterocycles. The Morgan fingerprint density at radius 3 is 2.56 bits per heavy atom. The molecule has 2 aliphatic rings. The van der Waals surface area contributed by atoms with Crippen LogP contribution in [0.25, 0.3) is 0 Å². The van der Waals surface area contributed by atoms with Crippen molar-refractivity contribution in [1.82, 2.24) is 5.32 Å². The van der Waals surface area contributed by atoms with Crippen LogP contribution in [0.1, 0.15) is 12.8 Å². The molecule has 0 saturated carbocycles. The lowest BCUT2D eigenvalue weighted by molar-refractivity contribution is -0.278. The predicted molar refractivity (Wildman–Crippen MR) is 50.1 cm³/mol. The Morgan fingerprint density at radius 2 is 2.06 bits per heavy atom. The molecule has 0 unspecified atom stereocenters. The molecule has 0 bridgehead atoms. The molecule has 1 amide bonds. The molecule has 16 heavy (non-hydrogen) atoms. The van der Waals surface area contributed by atoms with Gasteiger partial charge in [-0.25, -0.2) is 0 Å². The number of carbonyl (C=O) groups is 1. The van der Waals surface area contributed by atoms with Crippen LogP contribution >= 0.6 is 0 Å². The standard InChI is InChI=1S/C9H15NO6/c11-3-4-6(13)7(14)8(15)9(16-4)2-1-5(12)10-9/h4,6-8,11,13-15H,1-3H2,(H,10,12)/t4-,6-,7+,8-,9-/m1/s1. The summed E-state index contributed by atoms with van der Waals surface area (Å²) >= 11 is 0. The largest absolute Gasteiger partial charge is 0.394 e. The van der Waals surface area contributed by atoms with E-state index in [1.165, 1.54) is 0 Å². The average molecular weight is 233 g/mol. The number of hydrogen-bond acceptors (Lipinski definition) is 6. The van der Waals surface area contributed by atoms with Crippen LogP contribution < -0.4 is 5.32 Å². The van der Waals surface area contributed by atoms with Gasteiger partial charge in [0.1, 0.15) is 24.4 Å². The second-order valence-corrected chi connectivity index (χ2v) is 4.20. The minimum absolute atomic E-state index is 0.179. The van der Waals surface area contributed by atoms with E-state index in [9.17, 15) is 20.1 Å². The summed E-state index contributed by atoms with van der Waals surface area (Å²) in [6.07, 6.45) is -4.87. The van der Waals surface area contributed by atoms with Gasteiger partial charge in [0, 0.05) is 12.8 Å². The van der Waals surface area contributed by atoms with Crippen LogP contribution in [0, 0.1) is 0 Å². The molecule has 1 spiro atoms. The van der Waals surface area contributed by atoms with E-state index in [0.717, 1.165) is 0 Å². The molecule has 2 saturated heterocycles. The number of amides is 1. The minimum Gasteiger partial charge on any atom is -0.394 e. The summed E-state index contributed by atoms with van der Waals surface area (Å²) in [6.45, 7) is -0.497. The molecule has 0 radical (unpaired) electrons. The molecule has 2 heterocycles. The smallest absolute Gasteiger partial charge is 0.222 e. The highest BCUT2D eigenvalue weighted by molar-refractivity contribution is 5.79. The van der Waals surface area contributed by atoms with Crippen LogP contribution in [-0.4, -0.2) is 63.1 Å². The molecule has 5 N–H and O–H groups in total. The number of nitrogens with one attached hydrogen (secondary N) is 1. The van der Waals surface area contributed by atoms with E-state index in [-0.39, 0.29) is 18.7 Å². The zero-order chi connectivity index (χ0) is 11.9. The molecule has 7 heteroatoms. The van der Waals surface area contributed by atoms with Gasteiger partial charge in [-0.1, -0.05) is 0 Å². The molecule has 0 aliphatic carbocycles. The normalized spacial score (nSPS) is 48.4. The van der Waals surface area contributed by atoms with Gasteiger partial charge in [-0.05, 0) is 0 Å². The van der Waals surface area contributed by atoms with Gasteiger partial charge in [0.15, 0.2) is 5.72 Å². The summed E-state index contributed by atoms with van der Waals surface area (Å²) in [7, 11) is 0. The van der Waals surface area contributed by atoms with Crippen molar-refractivity contribution >= 4 is 5.91 Å². The van der Waals surface area contributed by atoms with Gasteiger partial charge < -0.3 is 30.5 Å². The average Bonchev–Trinajstić information content (AvgIpc) is 2.64. The van der Waals surface area contributed by atoms with Crippen molar-refractivity contribution in [2.75, 3.05) is 6.61 Å². The fourth-order valence-electron chi connectivity index (χ4n) is 2.21. The highest BCUT2D eigenvalue weighted by atomic mass is 16.6. The molecule has 0 aromatic carbocycles. The molecule has 92 valence electrons. The molecular weight excluding hydrogens is 218 g/mol. The van der Waals surface area contributed by atoms with E-state index in [0.29, 0.717) is 0 Å². The van der Waals surface area contributed by atoms with E-state index < -0.39 is 36.7 Å². The lowest BCUT2D eigenvalue weighted by atomic mass is 9.90. The maximum Gasteiger partial charge on any atom is 0.222 e. The topological polar surface area (TPSA) is 119 Å². The summed E-state index contributed by atoms with van der Waals surface area (Å²) < 4.78 is 5.31. The van der Waals surface area contributed by atoms with E-state index in [4.69, 9.17) is 9.84 Å². The highest BCUT2D eigenvalue weighted by Crippen LogP contribution is 2.34. The molecular formula is C9H15NO6.